The summed E-state index contributed by atoms with van der Waals surface area (Å²) in [5, 5.41) is 11.2. The zero-order valence-corrected chi connectivity index (χ0v) is 12.2. The van der Waals surface area contributed by atoms with Gasteiger partial charge in [-0.1, -0.05) is 6.08 Å². The van der Waals surface area contributed by atoms with E-state index in [9.17, 15) is 14.9 Å². The Morgan fingerprint density at radius 3 is 2.76 bits per heavy atom. The van der Waals surface area contributed by atoms with E-state index in [-0.39, 0.29) is 11.5 Å². The molecule has 0 aromatic heterocycles. The van der Waals surface area contributed by atoms with Crippen molar-refractivity contribution in [2.75, 3.05) is 31.7 Å². The Balaban J connectivity index is 2.28. The van der Waals surface area contributed by atoms with Gasteiger partial charge in [0.2, 0.25) is 0 Å². The molecule has 1 aromatic rings. The zero-order chi connectivity index (χ0) is 15.4. The van der Waals surface area contributed by atoms with Gasteiger partial charge in [-0.25, -0.2) is 0 Å². The van der Waals surface area contributed by atoms with Crippen molar-refractivity contribution < 1.29 is 14.5 Å². The van der Waals surface area contributed by atoms with Crippen LogP contribution in [0.1, 0.15) is 23.7 Å². The average molecular weight is 290 g/mol. The maximum atomic E-state index is 11.4. The second-order valence-electron chi connectivity index (χ2n) is 5.01. The zero-order valence-electron chi connectivity index (χ0n) is 12.2. The van der Waals surface area contributed by atoms with Crippen molar-refractivity contribution in [3.63, 3.8) is 0 Å². The number of carbonyl (C=O) groups excluding carboxylic acids is 1. The van der Waals surface area contributed by atoms with Crippen LogP contribution < -0.4 is 4.90 Å². The molecule has 0 radical (unpaired) electrons. The molecule has 1 aliphatic heterocycles. The number of nitrogens with zero attached hydrogens (tertiary/aromatic N) is 2. The summed E-state index contributed by atoms with van der Waals surface area (Å²) in [7, 11) is 1.65. The lowest BCUT2D eigenvalue weighted by Gasteiger charge is -2.28. The molecule has 0 N–H and O–H groups in total. The summed E-state index contributed by atoms with van der Waals surface area (Å²) in [6, 6.07) is 4.65. The van der Waals surface area contributed by atoms with Crippen LogP contribution in [0.3, 0.4) is 0 Å². The highest BCUT2D eigenvalue weighted by Crippen LogP contribution is 2.31. The molecule has 2 rings (SSSR count). The van der Waals surface area contributed by atoms with Crippen LogP contribution in [0.2, 0.25) is 0 Å². The summed E-state index contributed by atoms with van der Waals surface area (Å²) < 4.78 is 5.09. The quantitative estimate of drug-likeness (QED) is 0.361. The Hall–Kier alpha value is -2.21. The van der Waals surface area contributed by atoms with E-state index in [0.29, 0.717) is 30.9 Å². The first-order valence-electron chi connectivity index (χ1n) is 6.74. The van der Waals surface area contributed by atoms with E-state index in [1.165, 1.54) is 18.6 Å². The third kappa shape index (κ3) is 3.46. The third-order valence-corrected chi connectivity index (χ3v) is 3.55. The van der Waals surface area contributed by atoms with Crippen LogP contribution >= 0.6 is 0 Å². The van der Waals surface area contributed by atoms with Crippen LogP contribution in [0.25, 0.3) is 0 Å². The number of Topliss-reactive ketones (excluding diaryl/α,β-unsaturated/α-hetero) is 1. The van der Waals surface area contributed by atoms with Gasteiger partial charge in [-0.15, -0.1) is 0 Å². The van der Waals surface area contributed by atoms with E-state index in [4.69, 9.17) is 4.74 Å². The van der Waals surface area contributed by atoms with Gasteiger partial charge >= 0.3 is 0 Å². The molecule has 112 valence electrons. The highest BCUT2D eigenvalue weighted by Gasteiger charge is 2.22. The molecule has 0 amide bonds. The topological polar surface area (TPSA) is 72.7 Å². The second-order valence-corrected chi connectivity index (χ2v) is 5.01. The predicted molar refractivity (Wildman–Crippen MR) is 79.9 cm³/mol. The number of anilines is 1. The van der Waals surface area contributed by atoms with Gasteiger partial charge in [0.15, 0.2) is 5.78 Å². The highest BCUT2D eigenvalue weighted by atomic mass is 16.6. The van der Waals surface area contributed by atoms with Crippen molar-refractivity contribution in [2.45, 2.75) is 13.3 Å². The van der Waals surface area contributed by atoms with E-state index in [2.05, 4.69) is 0 Å². The molecule has 0 fully saturated rings. The fourth-order valence-electron chi connectivity index (χ4n) is 2.40. The standard InChI is InChI=1S/C15H18N2O4/c1-11(18)13-3-4-14(15(9-13)17(19)20)16-7-5-12(6-8-16)10-21-2/h3-5,9H,6-8,10H2,1-2H3. The summed E-state index contributed by atoms with van der Waals surface area (Å²) in [5.74, 6) is -0.175. The number of hydrogen-bond acceptors (Lipinski definition) is 5. The molecule has 0 unspecified atom stereocenters. The van der Waals surface area contributed by atoms with E-state index in [0.717, 1.165) is 6.42 Å². The number of nitro benzene ring substituents is 1. The summed E-state index contributed by atoms with van der Waals surface area (Å²) in [6.07, 6.45) is 2.86. The van der Waals surface area contributed by atoms with E-state index in [1.807, 2.05) is 11.0 Å². The molecular formula is C15H18N2O4. The lowest BCUT2D eigenvalue weighted by molar-refractivity contribution is -0.384. The number of rotatable bonds is 5. The molecule has 0 atom stereocenters. The predicted octanol–water partition coefficient (Wildman–Crippen LogP) is 2.58. The maximum absolute atomic E-state index is 11.4. The van der Waals surface area contributed by atoms with Crippen LogP contribution in [-0.4, -0.2) is 37.5 Å². The molecule has 21 heavy (non-hydrogen) atoms. The second kappa shape index (κ2) is 6.49. The lowest BCUT2D eigenvalue weighted by Crippen LogP contribution is -2.29. The van der Waals surface area contributed by atoms with Gasteiger partial charge in [0, 0.05) is 31.8 Å². The van der Waals surface area contributed by atoms with Gasteiger partial charge in [-0.3, -0.25) is 14.9 Å². The summed E-state index contributed by atoms with van der Waals surface area (Å²) >= 11 is 0. The minimum Gasteiger partial charge on any atom is -0.380 e. The Kier molecular flexibility index (Phi) is 4.70. The minimum absolute atomic E-state index is 0.0220. The van der Waals surface area contributed by atoms with Crippen molar-refractivity contribution in [2.24, 2.45) is 0 Å². The molecular weight excluding hydrogens is 272 g/mol. The Labute approximate surface area is 123 Å². The molecule has 6 heteroatoms. The number of carbonyl (C=O) groups is 1. The van der Waals surface area contributed by atoms with Crippen LogP contribution in [0, 0.1) is 10.1 Å². The third-order valence-electron chi connectivity index (χ3n) is 3.55. The Morgan fingerprint density at radius 2 is 2.24 bits per heavy atom. The smallest absolute Gasteiger partial charge is 0.293 e. The van der Waals surface area contributed by atoms with Crippen molar-refractivity contribution >= 4 is 17.2 Å². The first-order chi connectivity index (χ1) is 10.0. The number of benzene rings is 1. The van der Waals surface area contributed by atoms with Gasteiger partial charge in [0.1, 0.15) is 5.69 Å². The Morgan fingerprint density at radius 1 is 1.48 bits per heavy atom. The van der Waals surface area contributed by atoms with Crippen molar-refractivity contribution in [3.8, 4) is 0 Å². The number of hydrogen-bond donors (Lipinski definition) is 0. The van der Waals surface area contributed by atoms with Crippen LogP contribution in [0.5, 0.6) is 0 Å². The van der Waals surface area contributed by atoms with Crippen LogP contribution in [0.15, 0.2) is 29.8 Å². The molecule has 1 aliphatic rings. The SMILES string of the molecule is COCC1=CCN(c2ccc(C(C)=O)cc2[N+](=O)[O-])CC1. The molecule has 0 saturated heterocycles. The monoisotopic (exact) mass is 290 g/mol. The van der Waals surface area contributed by atoms with Crippen molar-refractivity contribution in [1.82, 2.24) is 0 Å². The first-order valence-corrected chi connectivity index (χ1v) is 6.74. The minimum atomic E-state index is -0.434. The van der Waals surface area contributed by atoms with Crippen molar-refractivity contribution in [3.05, 3.63) is 45.5 Å². The van der Waals surface area contributed by atoms with Crippen LogP contribution in [-0.2, 0) is 4.74 Å². The molecule has 6 nitrogen and oxygen atoms in total. The Bertz CT molecular complexity index is 595. The highest BCUT2D eigenvalue weighted by molar-refractivity contribution is 5.95. The summed E-state index contributed by atoms with van der Waals surface area (Å²) in [6.45, 7) is 3.31. The molecule has 0 aliphatic carbocycles. The van der Waals surface area contributed by atoms with E-state index < -0.39 is 4.92 Å². The number of ketones is 1. The van der Waals surface area contributed by atoms with Gasteiger partial charge < -0.3 is 9.64 Å². The summed E-state index contributed by atoms with van der Waals surface area (Å²) in [5.41, 5.74) is 2.10. The van der Waals surface area contributed by atoms with Crippen molar-refractivity contribution in [1.29, 1.82) is 0 Å². The first kappa shape index (κ1) is 15.2. The molecule has 1 heterocycles. The molecule has 0 saturated carbocycles. The number of nitro groups is 1. The fourth-order valence-corrected chi connectivity index (χ4v) is 2.40. The van der Waals surface area contributed by atoms with E-state index in [1.54, 1.807) is 19.2 Å². The number of ether oxygens (including phenoxy) is 1. The van der Waals surface area contributed by atoms with Gasteiger partial charge in [-0.2, -0.15) is 0 Å². The van der Waals surface area contributed by atoms with E-state index >= 15 is 0 Å². The van der Waals surface area contributed by atoms with Gasteiger partial charge in [-0.05, 0) is 31.1 Å². The largest absolute Gasteiger partial charge is 0.380 e. The average Bonchev–Trinajstić information content (AvgIpc) is 2.47. The maximum Gasteiger partial charge on any atom is 0.293 e. The summed E-state index contributed by atoms with van der Waals surface area (Å²) in [4.78, 5) is 24.1. The molecule has 0 spiro atoms. The fraction of sp³-hybridized carbons (Fsp3) is 0.400. The van der Waals surface area contributed by atoms with Gasteiger partial charge in [0.25, 0.3) is 5.69 Å². The van der Waals surface area contributed by atoms with Gasteiger partial charge in [0.05, 0.1) is 11.5 Å². The normalized spacial score (nSPS) is 14.8. The molecule has 0 bridgehead atoms. The molecule has 1 aromatic carbocycles. The number of methoxy groups -OCH3 is 1. The lowest BCUT2D eigenvalue weighted by atomic mass is 10.1. The van der Waals surface area contributed by atoms with Crippen LogP contribution in [0.4, 0.5) is 11.4 Å².